The molecule has 0 aromatic heterocycles. The van der Waals surface area contributed by atoms with Crippen molar-refractivity contribution in [2.45, 2.75) is 47.0 Å². The molecule has 0 atom stereocenters. The molecule has 1 aromatic rings. The molecule has 1 rings (SSSR count). The Morgan fingerprint density at radius 2 is 1.12 bits per heavy atom. The van der Waals surface area contributed by atoms with E-state index in [-0.39, 0.29) is 10.8 Å². The number of hydrogen-bond acceptors (Lipinski definition) is 4. The third-order valence-corrected chi connectivity index (χ3v) is 3.50. The van der Waals surface area contributed by atoms with Gasteiger partial charge in [0.1, 0.15) is 12.4 Å². The van der Waals surface area contributed by atoms with E-state index >= 15 is 0 Å². The molecule has 25 heavy (non-hydrogen) atoms. The lowest BCUT2D eigenvalue weighted by Crippen LogP contribution is -2.17. The van der Waals surface area contributed by atoms with Gasteiger partial charge >= 0.3 is 0 Å². The summed E-state index contributed by atoms with van der Waals surface area (Å²) in [6.45, 7) is 17.3. The van der Waals surface area contributed by atoms with Crippen molar-refractivity contribution < 1.29 is 18.9 Å². The molecular formula is C21H36O4. The summed E-state index contributed by atoms with van der Waals surface area (Å²) < 4.78 is 22.2. The Labute approximate surface area is 153 Å². The van der Waals surface area contributed by atoms with Crippen molar-refractivity contribution in [3.8, 4) is 5.75 Å². The molecule has 4 heteroatoms. The van der Waals surface area contributed by atoms with Crippen molar-refractivity contribution >= 4 is 0 Å². The largest absolute Gasteiger partial charge is 0.491 e. The highest BCUT2D eigenvalue weighted by Gasteiger charge is 2.12. The fourth-order valence-electron chi connectivity index (χ4n) is 2.09. The summed E-state index contributed by atoms with van der Waals surface area (Å²) >= 11 is 0. The summed E-state index contributed by atoms with van der Waals surface area (Å²) in [5.74, 6) is 0.879. The van der Waals surface area contributed by atoms with Gasteiger partial charge in [-0.1, -0.05) is 53.7 Å². The molecule has 0 unspecified atom stereocenters. The minimum Gasteiger partial charge on any atom is -0.491 e. The smallest absolute Gasteiger partial charge is 0.119 e. The van der Waals surface area contributed by atoms with Crippen molar-refractivity contribution in [2.24, 2.45) is 5.41 Å². The minimum absolute atomic E-state index is 0.166. The van der Waals surface area contributed by atoms with E-state index in [9.17, 15) is 0 Å². The van der Waals surface area contributed by atoms with Crippen LogP contribution in [0.1, 0.15) is 47.1 Å². The monoisotopic (exact) mass is 352 g/mol. The molecule has 0 aliphatic rings. The van der Waals surface area contributed by atoms with Crippen molar-refractivity contribution in [1.82, 2.24) is 0 Å². The fraction of sp³-hybridized carbons (Fsp3) is 0.714. The highest BCUT2D eigenvalue weighted by molar-refractivity contribution is 5.31. The van der Waals surface area contributed by atoms with Crippen LogP contribution in [0, 0.1) is 5.41 Å². The second-order valence-corrected chi connectivity index (χ2v) is 8.46. The van der Waals surface area contributed by atoms with Crippen LogP contribution >= 0.6 is 0 Å². The third-order valence-electron chi connectivity index (χ3n) is 3.50. The molecule has 0 aliphatic carbocycles. The number of hydrogen-bond donors (Lipinski definition) is 0. The van der Waals surface area contributed by atoms with E-state index in [1.807, 2.05) is 12.1 Å². The van der Waals surface area contributed by atoms with Crippen LogP contribution in [0.4, 0.5) is 0 Å². The second-order valence-electron chi connectivity index (χ2n) is 8.46. The van der Waals surface area contributed by atoms with E-state index in [2.05, 4.69) is 53.7 Å². The number of ether oxygens (including phenoxy) is 4. The van der Waals surface area contributed by atoms with Gasteiger partial charge in [-0.05, 0) is 28.5 Å². The van der Waals surface area contributed by atoms with Crippen LogP contribution < -0.4 is 4.74 Å². The van der Waals surface area contributed by atoms with Crippen LogP contribution in [0.25, 0.3) is 0 Å². The number of rotatable bonds is 11. The van der Waals surface area contributed by atoms with Gasteiger partial charge in [-0.25, -0.2) is 0 Å². The van der Waals surface area contributed by atoms with E-state index in [1.165, 1.54) is 5.56 Å². The number of benzene rings is 1. The van der Waals surface area contributed by atoms with Gasteiger partial charge in [-0.3, -0.25) is 0 Å². The summed E-state index contributed by atoms with van der Waals surface area (Å²) in [4.78, 5) is 0. The second kappa shape index (κ2) is 10.8. The molecule has 0 amide bonds. The summed E-state index contributed by atoms with van der Waals surface area (Å²) in [5.41, 5.74) is 1.68. The Morgan fingerprint density at radius 3 is 1.60 bits per heavy atom. The van der Waals surface area contributed by atoms with Gasteiger partial charge in [0, 0.05) is 0 Å². The topological polar surface area (TPSA) is 36.9 Å². The third kappa shape index (κ3) is 11.2. The van der Waals surface area contributed by atoms with Gasteiger partial charge in [-0.15, -0.1) is 0 Å². The summed E-state index contributed by atoms with van der Waals surface area (Å²) in [6.07, 6.45) is 0. The van der Waals surface area contributed by atoms with Gasteiger partial charge in [0.2, 0.25) is 0 Å². The molecule has 0 saturated heterocycles. The van der Waals surface area contributed by atoms with Crippen LogP contribution in [0.2, 0.25) is 0 Å². The average molecular weight is 353 g/mol. The zero-order chi connectivity index (χ0) is 18.8. The molecule has 4 nitrogen and oxygen atoms in total. The molecule has 0 spiro atoms. The van der Waals surface area contributed by atoms with Gasteiger partial charge in [0.15, 0.2) is 0 Å². The van der Waals surface area contributed by atoms with Gasteiger partial charge in [0.05, 0.1) is 39.6 Å². The first-order valence-corrected chi connectivity index (χ1v) is 9.15. The molecular weight excluding hydrogens is 316 g/mol. The van der Waals surface area contributed by atoms with Crippen LogP contribution in [-0.2, 0) is 19.6 Å². The first kappa shape index (κ1) is 21.9. The molecule has 0 N–H and O–H groups in total. The van der Waals surface area contributed by atoms with Crippen LogP contribution in [0.3, 0.4) is 0 Å². The highest BCUT2D eigenvalue weighted by atomic mass is 16.6. The van der Waals surface area contributed by atoms with E-state index in [1.54, 1.807) is 0 Å². The van der Waals surface area contributed by atoms with Crippen molar-refractivity contribution in [3.05, 3.63) is 29.8 Å². The molecule has 0 aliphatic heterocycles. The van der Waals surface area contributed by atoms with E-state index in [0.29, 0.717) is 39.6 Å². The van der Waals surface area contributed by atoms with Gasteiger partial charge in [0.25, 0.3) is 0 Å². The Balaban J connectivity index is 1.97. The predicted octanol–water partition coefficient (Wildman–Crippen LogP) is 4.46. The standard InChI is InChI=1S/C21H36O4/c1-20(2,3)17-24-14-13-22-11-12-23-15-16-25-19-9-7-18(8-10-19)21(4,5)6/h7-10H,11-17H2,1-6H3. The van der Waals surface area contributed by atoms with Crippen molar-refractivity contribution in [1.29, 1.82) is 0 Å². The summed E-state index contributed by atoms with van der Waals surface area (Å²) in [7, 11) is 0. The van der Waals surface area contributed by atoms with Crippen molar-refractivity contribution in [3.63, 3.8) is 0 Å². The SMILES string of the molecule is CC(C)(C)COCCOCCOCCOc1ccc(C(C)(C)C)cc1. The summed E-state index contributed by atoms with van der Waals surface area (Å²) in [5, 5.41) is 0. The Bertz CT molecular complexity index is 454. The Kier molecular flexibility index (Phi) is 9.47. The molecule has 0 heterocycles. The molecule has 0 bridgehead atoms. The zero-order valence-corrected chi connectivity index (χ0v) is 16.9. The minimum atomic E-state index is 0.166. The van der Waals surface area contributed by atoms with Crippen LogP contribution in [0.5, 0.6) is 5.75 Å². The maximum Gasteiger partial charge on any atom is 0.119 e. The molecule has 0 fully saturated rings. The Morgan fingerprint density at radius 1 is 0.640 bits per heavy atom. The van der Waals surface area contributed by atoms with Crippen LogP contribution in [-0.4, -0.2) is 46.2 Å². The molecule has 0 saturated carbocycles. The fourth-order valence-corrected chi connectivity index (χ4v) is 2.09. The quantitative estimate of drug-likeness (QED) is 0.551. The zero-order valence-electron chi connectivity index (χ0n) is 16.9. The lowest BCUT2D eigenvalue weighted by molar-refractivity contribution is -0.00384. The van der Waals surface area contributed by atoms with Gasteiger partial charge in [-0.2, -0.15) is 0 Å². The lowest BCUT2D eigenvalue weighted by atomic mass is 9.87. The normalized spacial score (nSPS) is 12.4. The molecule has 1 aromatic carbocycles. The Hall–Kier alpha value is -1.10. The first-order valence-electron chi connectivity index (χ1n) is 9.15. The average Bonchev–Trinajstić information content (AvgIpc) is 2.51. The maximum absolute atomic E-state index is 5.68. The highest BCUT2D eigenvalue weighted by Crippen LogP contribution is 2.24. The maximum atomic E-state index is 5.68. The molecule has 0 radical (unpaired) electrons. The van der Waals surface area contributed by atoms with Crippen LogP contribution in [0.15, 0.2) is 24.3 Å². The predicted molar refractivity (Wildman–Crippen MR) is 103 cm³/mol. The first-order chi connectivity index (χ1) is 11.7. The summed E-state index contributed by atoms with van der Waals surface area (Å²) in [6, 6.07) is 8.26. The van der Waals surface area contributed by atoms with E-state index in [4.69, 9.17) is 18.9 Å². The van der Waals surface area contributed by atoms with E-state index < -0.39 is 0 Å². The lowest BCUT2D eigenvalue weighted by Gasteiger charge is -2.19. The van der Waals surface area contributed by atoms with Crippen molar-refractivity contribution in [2.75, 3.05) is 46.2 Å². The van der Waals surface area contributed by atoms with E-state index in [0.717, 1.165) is 12.4 Å². The molecule has 144 valence electrons. The van der Waals surface area contributed by atoms with Gasteiger partial charge < -0.3 is 18.9 Å².